The molecule has 0 bridgehead atoms. The molecule has 1 rings (SSSR count). The predicted molar refractivity (Wildman–Crippen MR) is 73.0 cm³/mol. The molecule has 0 radical (unpaired) electrons. The molecule has 0 aliphatic carbocycles. The van der Waals surface area contributed by atoms with Gasteiger partial charge in [-0.15, -0.1) is 0 Å². The summed E-state index contributed by atoms with van der Waals surface area (Å²) in [5.74, 6) is 0.508. The number of benzene rings is 1. The lowest BCUT2D eigenvalue weighted by Crippen LogP contribution is -2.07. The summed E-state index contributed by atoms with van der Waals surface area (Å²) in [6.07, 6.45) is 2.27. The molecule has 0 spiro atoms. The molecule has 1 atom stereocenters. The van der Waals surface area contributed by atoms with Crippen LogP contribution in [-0.2, 0) is 4.74 Å². The van der Waals surface area contributed by atoms with Crippen LogP contribution in [0.4, 0.5) is 4.39 Å². The first kappa shape index (κ1) is 14.7. The fraction of sp³-hybridized carbons (Fsp3) is 0.571. The molecular formula is C14H20BrFO. The molecule has 0 N–H and O–H groups in total. The Morgan fingerprint density at radius 2 is 1.88 bits per heavy atom. The minimum atomic E-state index is -0.207. The molecule has 0 saturated carbocycles. The molecule has 1 unspecified atom stereocenters. The lowest BCUT2D eigenvalue weighted by Gasteiger charge is -2.16. The van der Waals surface area contributed by atoms with Gasteiger partial charge in [-0.3, -0.25) is 0 Å². The van der Waals surface area contributed by atoms with Gasteiger partial charge in [-0.1, -0.05) is 41.9 Å². The van der Waals surface area contributed by atoms with Crippen molar-refractivity contribution in [2.45, 2.75) is 32.8 Å². The van der Waals surface area contributed by atoms with Crippen LogP contribution in [0.1, 0.15) is 38.4 Å². The quantitative estimate of drug-likeness (QED) is 0.523. The van der Waals surface area contributed by atoms with Crippen LogP contribution in [0.25, 0.3) is 0 Å². The van der Waals surface area contributed by atoms with Gasteiger partial charge in [0.2, 0.25) is 0 Å². The maximum atomic E-state index is 12.8. The van der Waals surface area contributed by atoms with Crippen LogP contribution in [0.2, 0.25) is 0 Å². The Hall–Kier alpha value is -0.410. The molecule has 1 nitrogen and oxygen atoms in total. The maximum Gasteiger partial charge on any atom is 0.123 e. The third-order valence-corrected chi connectivity index (χ3v) is 3.21. The third kappa shape index (κ3) is 5.64. The molecule has 3 heteroatoms. The van der Waals surface area contributed by atoms with Gasteiger partial charge in [-0.25, -0.2) is 4.39 Å². The standard InChI is InChI=1S/C14H20BrFO/c1-11(2)4-3-9-17-14(10-15)12-5-7-13(16)8-6-12/h5-8,11,14H,3-4,9-10H2,1-2H3. The van der Waals surface area contributed by atoms with E-state index in [0.29, 0.717) is 5.92 Å². The van der Waals surface area contributed by atoms with Crippen LogP contribution >= 0.6 is 15.9 Å². The maximum absolute atomic E-state index is 12.8. The van der Waals surface area contributed by atoms with Crippen molar-refractivity contribution in [3.05, 3.63) is 35.6 Å². The molecule has 0 saturated heterocycles. The summed E-state index contributed by atoms with van der Waals surface area (Å²) in [6, 6.07) is 6.51. The van der Waals surface area contributed by atoms with E-state index in [2.05, 4.69) is 29.8 Å². The molecule has 0 aliphatic rings. The molecule has 96 valence electrons. The van der Waals surface area contributed by atoms with E-state index in [1.54, 1.807) is 12.1 Å². The van der Waals surface area contributed by atoms with Gasteiger partial charge in [0.25, 0.3) is 0 Å². The third-order valence-electron chi connectivity index (χ3n) is 2.63. The second kappa shape index (κ2) is 7.83. The summed E-state index contributed by atoms with van der Waals surface area (Å²) in [7, 11) is 0. The Morgan fingerprint density at radius 1 is 1.24 bits per heavy atom. The van der Waals surface area contributed by atoms with Gasteiger partial charge < -0.3 is 4.74 Å². The summed E-state index contributed by atoms with van der Waals surface area (Å²) < 4.78 is 18.6. The Bertz CT molecular complexity index is 311. The van der Waals surface area contributed by atoms with Gasteiger partial charge in [-0.05, 0) is 36.5 Å². The molecule has 0 amide bonds. The SMILES string of the molecule is CC(C)CCCOC(CBr)c1ccc(F)cc1. The highest BCUT2D eigenvalue weighted by atomic mass is 79.9. The lowest BCUT2D eigenvalue weighted by atomic mass is 10.1. The number of hydrogen-bond acceptors (Lipinski definition) is 1. The van der Waals surface area contributed by atoms with Crippen LogP contribution in [-0.4, -0.2) is 11.9 Å². The van der Waals surface area contributed by atoms with Crippen LogP contribution in [0.15, 0.2) is 24.3 Å². The summed E-state index contributed by atoms with van der Waals surface area (Å²) >= 11 is 3.43. The van der Waals surface area contributed by atoms with E-state index in [1.165, 1.54) is 18.6 Å². The van der Waals surface area contributed by atoms with Crippen molar-refractivity contribution in [3.8, 4) is 0 Å². The fourth-order valence-electron chi connectivity index (χ4n) is 1.62. The normalized spacial score (nSPS) is 13.0. The Balaban J connectivity index is 2.40. The average Bonchev–Trinajstić information content (AvgIpc) is 2.30. The Kier molecular flexibility index (Phi) is 6.75. The smallest absolute Gasteiger partial charge is 0.123 e. The monoisotopic (exact) mass is 302 g/mol. The molecule has 0 fully saturated rings. The van der Waals surface area contributed by atoms with Crippen molar-refractivity contribution in [2.24, 2.45) is 5.92 Å². The summed E-state index contributed by atoms with van der Waals surface area (Å²) in [4.78, 5) is 0. The van der Waals surface area contributed by atoms with E-state index < -0.39 is 0 Å². The van der Waals surface area contributed by atoms with Gasteiger partial charge in [0.05, 0.1) is 6.10 Å². The lowest BCUT2D eigenvalue weighted by molar-refractivity contribution is 0.0654. The van der Waals surface area contributed by atoms with E-state index in [-0.39, 0.29) is 11.9 Å². The predicted octanol–water partition coefficient (Wildman–Crippen LogP) is 4.71. The molecule has 17 heavy (non-hydrogen) atoms. The minimum absolute atomic E-state index is 0.0164. The molecule has 0 aromatic heterocycles. The summed E-state index contributed by atoms with van der Waals surface area (Å²) in [5, 5.41) is 0.736. The van der Waals surface area contributed by atoms with Crippen molar-refractivity contribution in [3.63, 3.8) is 0 Å². The molecule has 0 aliphatic heterocycles. The van der Waals surface area contributed by atoms with Crippen molar-refractivity contribution in [1.29, 1.82) is 0 Å². The highest BCUT2D eigenvalue weighted by Gasteiger charge is 2.10. The molecule has 1 aromatic rings. The van der Waals surface area contributed by atoms with Crippen molar-refractivity contribution in [1.82, 2.24) is 0 Å². The number of alkyl halides is 1. The van der Waals surface area contributed by atoms with Gasteiger partial charge in [0, 0.05) is 11.9 Å². The van der Waals surface area contributed by atoms with Crippen LogP contribution in [0.5, 0.6) is 0 Å². The largest absolute Gasteiger partial charge is 0.373 e. The van der Waals surface area contributed by atoms with Crippen molar-refractivity contribution in [2.75, 3.05) is 11.9 Å². The van der Waals surface area contributed by atoms with E-state index in [1.807, 2.05) is 0 Å². The summed E-state index contributed by atoms with van der Waals surface area (Å²) in [5.41, 5.74) is 1.02. The van der Waals surface area contributed by atoms with E-state index >= 15 is 0 Å². The molecule has 1 aromatic carbocycles. The van der Waals surface area contributed by atoms with Crippen LogP contribution in [0.3, 0.4) is 0 Å². The highest BCUT2D eigenvalue weighted by molar-refractivity contribution is 9.09. The highest BCUT2D eigenvalue weighted by Crippen LogP contribution is 2.20. The second-order valence-electron chi connectivity index (χ2n) is 4.60. The van der Waals surface area contributed by atoms with Crippen molar-refractivity contribution < 1.29 is 9.13 Å². The summed E-state index contributed by atoms with van der Waals surface area (Å²) in [6.45, 7) is 5.18. The zero-order valence-corrected chi connectivity index (χ0v) is 12.0. The van der Waals surface area contributed by atoms with E-state index in [9.17, 15) is 4.39 Å². The fourth-order valence-corrected chi connectivity index (χ4v) is 2.19. The molecular weight excluding hydrogens is 283 g/mol. The first-order valence-electron chi connectivity index (χ1n) is 6.06. The zero-order valence-electron chi connectivity index (χ0n) is 10.5. The topological polar surface area (TPSA) is 9.23 Å². The number of hydrogen-bond donors (Lipinski definition) is 0. The second-order valence-corrected chi connectivity index (χ2v) is 5.25. The van der Waals surface area contributed by atoms with E-state index in [0.717, 1.165) is 23.9 Å². The number of rotatable bonds is 7. The average molecular weight is 303 g/mol. The Labute approximate surface area is 111 Å². The first-order valence-corrected chi connectivity index (χ1v) is 7.18. The zero-order chi connectivity index (χ0) is 12.7. The van der Waals surface area contributed by atoms with Crippen LogP contribution < -0.4 is 0 Å². The number of ether oxygens (including phenoxy) is 1. The van der Waals surface area contributed by atoms with Gasteiger partial charge in [0.1, 0.15) is 5.82 Å². The van der Waals surface area contributed by atoms with Crippen molar-refractivity contribution >= 4 is 15.9 Å². The number of halogens is 2. The van der Waals surface area contributed by atoms with Gasteiger partial charge in [0.15, 0.2) is 0 Å². The van der Waals surface area contributed by atoms with Crippen LogP contribution in [0, 0.1) is 11.7 Å². The molecule has 0 heterocycles. The van der Waals surface area contributed by atoms with Gasteiger partial charge >= 0.3 is 0 Å². The van der Waals surface area contributed by atoms with E-state index in [4.69, 9.17) is 4.74 Å². The Morgan fingerprint density at radius 3 is 2.41 bits per heavy atom. The first-order chi connectivity index (χ1) is 8.13. The van der Waals surface area contributed by atoms with Gasteiger partial charge in [-0.2, -0.15) is 0 Å². The minimum Gasteiger partial charge on any atom is -0.373 e.